The fraction of sp³-hybridized carbons (Fsp3) is 0.190. The van der Waals surface area contributed by atoms with Crippen LogP contribution in [0.15, 0.2) is 59.6 Å². The van der Waals surface area contributed by atoms with Crippen LogP contribution in [0.3, 0.4) is 0 Å². The lowest BCUT2D eigenvalue weighted by Crippen LogP contribution is -2.42. The summed E-state index contributed by atoms with van der Waals surface area (Å²) >= 11 is 1.39. The van der Waals surface area contributed by atoms with Gasteiger partial charge in [-0.1, -0.05) is 24.3 Å². The summed E-state index contributed by atoms with van der Waals surface area (Å²) in [6.07, 6.45) is 1.73. The van der Waals surface area contributed by atoms with Gasteiger partial charge in [0.15, 0.2) is 0 Å². The predicted molar refractivity (Wildman–Crippen MR) is 115 cm³/mol. The standard InChI is InChI=1S/C21H22N4O3S/c1-14-8-9-17(28-2)16(11-14)24-19(26)12-23-25-20(27)13-29-18-7-3-5-15-6-4-10-22-21(15)18/h3-11,23H,12-13H2,1-2H3,(H,24,26)(H,25,27). The summed E-state index contributed by atoms with van der Waals surface area (Å²) in [6, 6.07) is 15.2. The molecule has 29 heavy (non-hydrogen) atoms. The van der Waals surface area contributed by atoms with Crippen molar-refractivity contribution in [2.75, 3.05) is 24.7 Å². The third-order valence-corrected chi connectivity index (χ3v) is 5.11. The number of ether oxygens (including phenoxy) is 1. The Labute approximate surface area is 173 Å². The Hall–Kier alpha value is -3.10. The zero-order chi connectivity index (χ0) is 20.6. The molecule has 0 aliphatic rings. The number of benzene rings is 2. The molecule has 0 atom stereocenters. The minimum absolute atomic E-state index is 0.0661. The van der Waals surface area contributed by atoms with E-state index in [-0.39, 0.29) is 24.1 Å². The van der Waals surface area contributed by atoms with Gasteiger partial charge in [0.2, 0.25) is 11.8 Å². The smallest absolute Gasteiger partial charge is 0.244 e. The topological polar surface area (TPSA) is 92.4 Å². The molecule has 0 bridgehead atoms. The van der Waals surface area contributed by atoms with Gasteiger partial charge in [-0.25, -0.2) is 5.43 Å². The van der Waals surface area contributed by atoms with Crippen molar-refractivity contribution in [1.82, 2.24) is 15.8 Å². The number of fused-ring (bicyclic) bond motifs is 1. The number of anilines is 1. The van der Waals surface area contributed by atoms with E-state index in [2.05, 4.69) is 21.2 Å². The highest BCUT2D eigenvalue weighted by molar-refractivity contribution is 8.00. The number of pyridine rings is 1. The number of hydrogen-bond donors (Lipinski definition) is 3. The number of aryl methyl sites for hydroxylation is 1. The SMILES string of the molecule is COc1ccc(C)cc1NC(=O)CNNC(=O)CSc1cccc2cccnc12. The summed E-state index contributed by atoms with van der Waals surface area (Å²) < 4.78 is 5.24. The van der Waals surface area contributed by atoms with Crippen LogP contribution < -0.4 is 20.9 Å². The molecule has 3 rings (SSSR count). The first-order chi connectivity index (χ1) is 14.1. The molecule has 7 nitrogen and oxygen atoms in total. The van der Waals surface area contributed by atoms with Gasteiger partial charge < -0.3 is 10.1 Å². The number of nitrogens with one attached hydrogen (secondary N) is 3. The van der Waals surface area contributed by atoms with Crippen molar-refractivity contribution in [3.05, 3.63) is 60.3 Å². The highest BCUT2D eigenvalue weighted by Crippen LogP contribution is 2.26. The third kappa shape index (κ3) is 5.69. The van der Waals surface area contributed by atoms with Gasteiger partial charge in [-0.2, -0.15) is 0 Å². The van der Waals surface area contributed by atoms with Crippen LogP contribution in [-0.2, 0) is 9.59 Å². The van der Waals surface area contributed by atoms with E-state index < -0.39 is 0 Å². The second kappa shape index (κ2) is 9.90. The summed E-state index contributed by atoms with van der Waals surface area (Å²) in [6.45, 7) is 1.86. The van der Waals surface area contributed by atoms with Crippen molar-refractivity contribution in [1.29, 1.82) is 0 Å². The van der Waals surface area contributed by atoms with Gasteiger partial charge in [0.25, 0.3) is 0 Å². The van der Waals surface area contributed by atoms with E-state index >= 15 is 0 Å². The molecule has 1 aromatic heterocycles. The Morgan fingerprint density at radius 2 is 1.93 bits per heavy atom. The molecule has 2 amide bonds. The summed E-state index contributed by atoms with van der Waals surface area (Å²) in [7, 11) is 1.54. The predicted octanol–water partition coefficient (Wildman–Crippen LogP) is 2.90. The van der Waals surface area contributed by atoms with Gasteiger partial charge in [-0.3, -0.25) is 20.0 Å². The maximum absolute atomic E-state index is 12.1. The number of hydrazine groups is 1. The van der Waals surface area contributed by atoms with E-state index in [0.717, 1.165) is 21.4 Å². The zero-order valence-corrected chi connectivity index (χ0v) is 17.0. The van der Waals surface area contributed by atoms with Crippen LogP contribution in [-0.4, -0.2) is 36.2 Å². The number of para-hydroxylation sites is 1. The number of methoxy groups -OCH3 is 1. The number of aromatic nitrogens is 1. The van der Waals surface area contributed by atoms with Gasteiger partial charge in [-0.05, 0) is 36.8 Å². The van der Waals surface area contributed by atoms with Gasteiger partial charge in [0.1, 0.15) is 5.75 Å². The zero-order valence-electron chi connectivity index (χ0n) is 16.2. The normalized spacial score (nSPS) is 10.6. The molecule has 0 saturated carbocycles. The van der Waals surface area contributed by atoms with Crippen molar-refractivity contribution in [3.8, 4) is 5.75 Å². The number of carbonyl (C=O) groups is 2. The molecule has 0 spiro atoms. The molecular weight excluding hydrogens is 388 g/mol. The Morgan fingerprint density at radius 3 is 2.76 bits per heavy atom. The molecule has 0 unspecified atom stereocenters. The lowest BCUT2D eigenvalue weighted by Gasteiger charge is -2.12. The molecular formula is C21H22N4O3S. The lowest BCUT2D eigenvalue weighted by molar-refractivity contribution is -0.120. The molecule has 3 N–H and O–H groups in total. The highest BCUT2D eigenvalue weighted by Gasteiger charge is 2.09. The van der Waals surface area contributed by atoms with Crippen molar-refractivity contribution >= 4 is 40.2 Å². The van der Waals surface area contributed by atoms with Gasteiger partial charge in [-0.15, -0.1) is 11.8 Å². The van der Waals surface area contributed by atoms with E-state index in [1.54, 1.807) is 19.4 Å². The molecule has 1 heterocycles. The summed E-state index contributed by atoms with van der Waals surface area (Å²) in [5, 5.41) is 3.79. The summed E-state index contributed by atoms with van der Waals surface area (Å²) in [5.74, 6) is 0.257. The van der Waals surface area contributed by atoms with Gasteiger partial charge in [0.05, 0.1) is 30.6 Å². The maximum atomic E-state index is 12.1. The van der Waals surface area contributed by atoms with E-state index in [1.807, 2.05) is 49.4 Å². The quantitative estimate of drug-likeness (QED) is 0.391. The average molecular weight is 410 g/mol. The van der Waals surface area contributed by atoms with Crippen LogP contribution in [0.2, 0.25) is 0 Å². The van der Waals surface area contributed by atoms with Crippen LogP contribution in [0.5, 0.6) is 5.75 Å². The molecule has 0 saturated heterocycles. The first kappa shape index (κ1) is 20.6. The Morgan fingerprint density at radius 1 is 1.10 bits per heavy atom. The minimum Gasteiger partial charge on any atom is -0.495 e. The van der Waals surface area contributed by atoms with Crippen molar-refractivity contribution in [2.24, 2.45) is 0 Å². The maximum Gasteiger partial charge on any atom is 0.244 e. The average Bonchev–Trinajstić information content (AvgIpc) is 2.72. The van der Waals surface area contributed by atoms with E-state index in [0.29, 0.717) is 11.4 Å². The second-order valence-electron chi connectivity index (χ2n) is 6.27. The monoisotopic (exact) mass is 410 g/mol. The van der Waals surface area contributed by atoms with Crippen LogP contribution in [0.25, 0.3) is 10.9 Å². The highest BCUT2D eigenvalue weighted by atomic mass is 32.2. The van der Waals surface area contributed by atoms with E-state index in [9.17, 15) is 9.59 Å². The van der Waals surface area contributed by atoms with E-state index in [4.69, 9.17) is 4.74 Å². The van der Waals surface area contributed by atoms with Crippen molar-refractivity contribution in [3.63, 3.8) is 0 Å². The number of rotatable bonds is 8. The summed E-state index contributed by atoms with van der Waals surface area (Å²) in [4.78, 5) is 29.5. The molecule has 3 aromatic rings. The van der Waals surface area contributed by atoms with Gasteiger partial charge in [0, 0.05) is 16.5 Å². The second-order valence-corrected chi connectivity index (χ2v) is 7.29. The summed E-state index contributed by atoms with van der Waals surface area (Å²) in [5.41, 5.74) is 7.64. The minimum atomic E-state index is -0.292. The van der Waals surface area contributed by atoms with Crippen LogP contribution in [0.1, 0.15) is 5.56 Å². The largest absolute Gasteiger partial charge is 0.495 e. The lowest BCUT2D eigenvalue weighted by atomic mass is 10.2. The van der Waals surface area contributed by atoms with Crippen LogP contribution >= 0.6 is 11.8 Å². The first-order valence-corrected chi connectivity index (χ1v) is 9.98. The number of carbonyl (C=O) groups excluding carboxylic acids is 2. The van der Waals surface area contributed by atoms with E-state index in [1.165, 1.54) is 11.8 Å². The molecule has 0 radical (unpaired) electrons. The number of amides is 2. The Kier molecular flexibility index (Phi) is 7.04. The first-order valence-electron chi connectivity index (χ1n) is 8.99. The Balaban J connectivity index is 1.45. The van der Waals surface area contributed by atoms with Crippen LogP contribution in [0, 0.1) is 6.92 Å². The van der Waals surface area contributed by atoms with Crippen molar-refractivity contribution in [2.45, 2.75) is 11.8 Å². The number of hydrogen-bond acceptors (Lipinski definition) is 6. The van der Waals surface area contributed by atoms with Gasteiger partial charge >= 0.3 is 0 Å². The third-order valence-electron chi connectivity index (χ3n) is 4.06. The Bertz CT molecular complexity index is 1020. The van der Waals surface area contributed by atoms with Crippen molar-refractivity contribution < 1.29 is 14.3 Å². The molecule has 150 valence electrons. The van der Waals surface area contributed by atoms with Crippen LogP contribution in [0.4, 0.5) is 5.69 Å². The molecule has 2 aromatic carbocycles. The molecule has 0 fully saturated rings. The fourth-order valence-electron chi connectivity index (χ4n) is 2.71. The number of nitrogens with zero attached hydrogens (tertiary/aromatic N) is 1. The molecule has 0 aliphatic carbocycles. The number of thioether (sulfide) groups is 1. The molecule has 8 heteroatoms. The molecule has 0 aliphatic heterocycles. The fourth-order valence-corrected chi connectivity index (χ4v) is 3.55.